The maximum atomic E-state index is 13.3. The van der Waals surface area contributed by atoms with Crippen LogP contribution < -0.4 is 29.6 Å². The van der Waals surface area contributed by atoms with Gasteiger partial charge in [0.25, 0.3) is 0 Å². The second-order valence-electron chi connectivity index (χ2n) is 40.5. The molecule has 0 aromatic rings. The van der Waals surface area contributed by atoms with E-state index in [9.17, 15) is 30.3 Å². The molecule has 0 bridgehead atoms. The molecule has 8 heteroatoms. The predicted octanol–water partition coefficient (Wildman–Crippen LogP) is 17.9. The van der Waals surface area contributed by atoms with Crippen LogP contribution in [0.3, 0.4) is 0 Å². The molecular weight excluding hydrogens is 1170 g/mol. The number of hydrogen-bond donors (Lipinski definition) is 5. The first-order valence-corrected chi connectivity index (χ1v) is 42.2. The first-order chi connectivity index (χ1) is 44.2. The van der Waals surface area contributed by atoms with Crippen molar-refractivity contribution in [1.82, 2.24) is 0 Å². The minimum Gasteiger partial charge on any atom is -1.00 e. The van der Waals surface area contributed by atoms with Crippen LogP contribution in [0.5, 0.6) is 0 Å². The number of ketones is 1. The van der Waals surface area contributed by atoms with Gasteiger partial charge in [-0.05, 0) is 376 Å². The average molecular weight is 1320 g/mol. The van der Waals surface area contributed by atoms with Crippen molar-refractivity contribution in [3.05, 3.63) is 0 Å². The number of Topliss-reactive ketones (excluding diaryl/α,β-unsaturated/α-hetero) is 1. The van der Waals surface area contributed by atoms with Crippen molar-refractivity contribution in [2.24, 2.45) is 157 Å². The topological polar surface area (TPSA) is 118 Å². The molecule has 15 aliphatic rings. The molecule has 15 fully saturated rings. The van der Waals surface area contributed by atoms with Gasteiger partial charge in [0.2, 0.25) is 0 Å². The number of hydrogen-bond acceptors (Lipinski definition) is 6. The third-order valence-electron chi connectivity index (χ3n) is 37.6. The van der Waals surface area contributed by atoms with Crippen LogP contribution in [0.4, 0.5) is 0 Å². The largest absolute Gasteiger partial charge is 1.00 e. The van der Waals surface area contributed by atoms with Gasteiger partial charge in [-0.25, -0.2) is 0 Å². The zero-order chi connectivity index (χ0) is 66.1. The van der Waals surface area contributed by atoms with E-state index in [1.54, 1.807) is 0 Å². The number of rotatable bonds is 12. The first-order valence-electron chi connectivity index (χ1n) is 42.2. The van der Waals surface area contributed by atoms with Crippen LogP contribution in [-0.2, 0) is 4.79 Å². The Morgan fingerprint density at radius 3 is 0.968 bits per heavy atom. The van der Waals surface area contributed by atoms with Gasteiger partial charge in [-0.1, -0.05) is 122 Å². The molecule has 0 unspecified atom stereocenters. The van der Waals surface area contributed by atoms with E-state index in [1.165, 1.54) is 199 Å². The maximum Gasteiger partial charge on any atom is 1.00 e. The molecule has 15 saturated carbocycles. The first kappa shape index (κ1) is 76.7. The third kappa shape index (κ3) is 13.3. The Morgan fingerprint density at radius 1 is 0.368 bits per heavy atom. The Hall–Kier alpha value is 0.535. The molecule has 537 valence electrons. The van der Waals surface area contributed by atoms with E-state index in [0.29, 0.717) is 73.8 Å². The number of carbonyl (C=O) groups excluding carboxylic acids is 1. The van der Waals surface area contributed by atoms with E-state index in [4.69, 9.17) is 0 Å². The fourth-order valence-electron chi connectivity index (χ4n) is 31.3. The van der Waals surface area contributed by atoms with Gasteiger partial charge in [0.15, 0.2) is 0 Å². The molecule has 3 radical (unpaired) electrons. The Bertz CT molecular complexity index is 2460. The Morgan fingerprint density at radius 2 is 0.653 bits per heavy atom. The third-order valence-corrected chi connectivity index (χ3v) is 37.6. The molecule has 0 aromatic carbocycles. The summed E-state index contributed by atoms with van der Waals surface area (Å²) >= 11 is 0. The van der Waals surface area contributed by atoms with Crippen molar-refractivity contribution < 1.29 is 61.3 Å². The van der Waals surface area contributed by atoms with Gasteiger partial charge in [0.1, 0.15) is 5.78 Å². The molecule has 0 amide bonds. The minimum absolute atomic E-state index is 0. The summed E-state index contributed by atoms with van der Waals surface area (Å²) in [5.74, 6) is 15.4. The second kappa shape index (κ2) is 29.1. The second-order valence-corrected chi connectivity index (χ2v) is 40.5. The SMILES string of the molecule is CC[C@]1(O)CC[C@@]2(C)[C@@H](CC[C@@H]3[C@@H]2CC[C@]2(C)[C@@H]([C@H](C)C(=O)C4CCCC4)CC[C@@H]32)C1.CC[C@]1(O)CC[C@@]2(C)[C@@H](CC[C@@H]3[C@@H]2CC[C@]2(C)[C@@H]([C@H](C)[C@@H](O)C4CCCC4)CC[C@@H]32)C1.CC[C@]1(O)CC[C@@]2(C)[C@@H](CC[C@@H]3[C@@H]2CC[C@]2(C)[C@@H]([C@H](C)[C@H](O)C4CCCC4)CC[C@@H]32)C1.[B].[H-].[Na+]. The summed E-state index contributed by atoms with van der Waals surface area (Å²) in [5.41, 5.74) is 1.47. The fraction of sp³-hybridized carbons (Fsp3) is 0.989. The molecule has 5 N–H and O–H groups in total. The monoisotopic (exact) mass is 1320 g/mol. The molecule has 0 heterocycles. The van der Waals surface area contributed by atoms with Crippen molar-refractivity contribution in [2.75, 3.05) is 0 Å². The summed E-state index contributed by atoms with van der Waals surface area (Å²) in [7, 11) is 0. The van der Waals surface area contributed by atoms with Gasteiger partial charge in [-0.3, -0.25) is 4.79 Å². The quantitative estimate of drug-likeness (QED) is 0.124. The van der Waals surface area contributed by atoms with Crippen molar-refractivity contribution in [3.63, 3.8) is 0 Å². The molecule has 0 saturated heterocycles. The molecule has 0 aliphatic heterocycles. The van der Waals surface area contributed by atoms with E-state index in [-0.39, 0.29) is 68.7 Å². The number of aliphatic hydroxyl groups is 5. The van der Waals surface area contributed by atoms with Crippen LogP contribution in [0.25, 0.3) is 0 Å². The van der Waals surface area contributed by atoms with Crippen LogP contribution in [0.1, 0.15) is 354 Å². The zero-order valence-corrected chi connectivity index (χ0v) is 66.2. The predicted molar refractivity (Wildman–Crippen MR) is 389 cm³/mol. The van der Waals surface area contributed by atoms with E-state index in [2.05, 4.69) is 83.1 Å². The van der Waals surface area contributed by atoms with Crippen molar-refractivity contribution in [1.29, 1.82) is 0 Å². The number of aliphatic hydroxyl groups excluding tert-OH is 2. The van der Waals surface area contributed by atoms with Crippen LogP contribution >= 0.6 is 0 Å². The van der Waals surface area contributed by atoms with Crippen LogP contribution in [-0.4, -0.2) is 68.7 Å². The van der Waals surface area contributed by atoms with Crippen LogP contribution in [0.2, 0.25) is 0 Å². The summed E-state index contributed by atoms with van der Waals surface area (Å²) in [4.78, 5) is 13.3. The zero-order valence-electron chi connectivity index (χ0n) is 65.2. The Kier molecular flexibility index (Phi) is 23.5. The molecule has 15 aliphatic carbocycles. The molecule has 0 aromatic heterocycles. The van der Waals surface area contributed by atoms with Crippen LogP contribution in [0, 0.1) is 157 Å². The summed E-state index contributed by atoms with van der Waals surface area (Å²) in [6.45, 7) is 29.3. The van der Waals surface area contributed by atoms with Gasteiger partial charge >= 0.3 is 29.6 Å². The van der Waals surface area contributed by atoms with Gasteiger partial charge < -0.3 is 27.0 Å². The molecular formula is C87H149BNaO6. The van der Waals surface area contributed by atoms with Gasteiger partial charge in [-0.15, -0.1) is 0 Å². The van der Waals surface area contributed by atoms with Crippen molar-refractivity contribution >= 4 is 14.2 Å². The van der Waals surface area contributed by atoms with E-state index < -0.39 is 5.60 Å². The number of carbonyl (C=O) groups is 1. The average Bonchev–Trinajstić information content (AvgIpc) is 1.22. The summed E-state index contributed by atoms with van der Waals surface area (Å²) in [6, 6.07) is 0. The normalized spacial score (nSPS) is 50.8. The molecule has 95 heavy (non-hydrogen) atoms. The fourth-order valence-corrected chi connectivity index (χ4v) is 31.3. The van der Waals surface area contributed by atoms with Gasteiger partial charge in [0, 0.05) is 20.2 Å². The van der Waals surface area contributed by atoms with Crippen molar-refractivity contribution in [3.8, 4) is 0 Å². The van der Waals surface area contributed by atoms with Gasteiger partial charge in [-0.2, -0.15) is 0 Å². The van der Waals surface area contributed by atoms with E-state index >= 15 is 0 Å². The van der Waals surface area contributed by atoms with Gasteiger partial charge in [0.05, 0.1) is 29.0 Å². The summed E-state index contributed by atoms with van der Waals surface area (Å²) in [6.07, 6.45) is 52.4. The number of fused-ring (bicyclic) bond motifs is 15. The maximum absolute atomic E-state index is 13.3. The summed E-state index contributed by atoms with van der Waals surface area (Å²) < 4.78 is 0. The van der Waals surface area contributed by atoms with Crippen molar-refractivity contribution in [2.45, 2.75) is 382 Å². The molecule has 6 nitrogen and oxygen atoms in total. The van der Waals surface area contributed by atoms with Crippen LogP contribution in [0.15, 0.2) is 0 Å². The van der Waals surface area contributed by atoms with E-state index in [1.807, 2.05) is 0 Å². The standard InChI is InChI=1S/2C29H50O2.C29H48O2.B.Na.H/c3*1-5-29(31)17-16-27(3)21(18-29)10-11-22-24-13-12-23(28(24,4)15-14-25(22)27)19(2)26(30)20-8-6-7-9-20;;;/h2*19-26,30-31H,5-18H2,1-4H3;19-25,31H,5-18H2,1-4H3;;;/q;;;;+1;-1/t19-,21-,22-,23+,24-,25-,26+,27-,28+,29-;19-,21-,22-,23+,24-,25-,26-,27-,28+,29-;19-,21-,22-,23+,24-,25-,27-,28+,29-;;;/m000.../s1. The summed E-state index contributed by atoms with van der Waals surface area (Å²) in [5, 5.41) is 55.6. The minimum atomic E-state index is -0.394. The molecule has 15 rings (SSSR count). The molecule has 0 spiro atoms. The van der Waals surface area contributed by atoms with E-state index in [0.717, 1.165) is 153 Å². The smallest absolute Gasteiger partial charge is 1.00 e. The Balaban J connectivity index is 0.000000154. The Labute approximate surface area is 609 Å². The molecule has 29 atom stereocenters.